The van der Waals surface area contributed by atoms with Gasteiger partial charge in [0.1, 0.15) is 5.75 Å². The van der Waals surface area contributed by atoms with Crippen LogP contribution >= 0.6 is 0 Å². The van der Waals surface area contributed by atoms with Crippen LogP contribution in [0.1, 0.15) is 37.8 Å². The fourth-order valence-corrected chi connectivity index (χ4v) is 1.98. The van der Waals surface area contributed by atoms with Crippen LogP contribution in [0.3, 0.4) is 0 Å². The van der Waals surface area contributed by atoms with Gasteiger partial charge in [0.25, 0.3) is 0 Å². The van der Waals surface area contributed by atoms with Crippen LogP contribution in [0.15, 0.2) is 36.9 Å². The quantitative estimate of drug-likeness (QED) is 0.533. The van der Waals surface area contributed by atoms with Crippen molar-refractivity contribution in [1.82, 2.24) is 5.32 Å². The highest BCUT2D eigenvalue weighted by atomic mass is 19.3. The summed E-state index contributed by atoms with van der Waals surface area (Å²) in [5.41, 5.74) is 1.09. The standard InChI is InChI=1S/C15H21F2NO/c1-3-5-6-7-14(18-4-2)12-8-10-13(11-9-12)19-15(16)17/h3,8-11,14-15,18H,1,4-7H2,2H3. The molecular formula is C15H21F2NO. The van der Waals surface area contributed by atoms with Gasteiger partial charge in [0.2, 0.25) is 0 Å². The maximum atomic E-state index is 12.1. The largest absolute Gasteiger partial charge is 0.435 e. The van der Waals surface area contributed by atoms with Gasteiger partial charge in [0, 0.05) is 6.04 Å². The van der Waals surface area contributed by atoms with Crippen LogP contribution in [0.4, 0.5) is 8.78 Å². The molecule has 2 nitrogen and oxygen atoms in total. The first kappa shape index (κ1) is 15.6. The molecule has 0 aliphatic carbocycles. The van der Waals surface area contributed by atoms with Gasteiger partial charge < -0.3 is 10.1 Å². The number of alkyl halides is 2. The van der Waals surface area contributed by atoms with Gasteiger partial charge in [-0.1, -0.05) is 25.1 Å². The first-order valence-electron chi connectivity index (χ1n) is 6.56. The molecule has 1 aromatic carbocycles. The lowest BCUT2D eigenvalue weighted by molar-refractivity contribution is -0.0498. The molecule has 0 heterocycles. The number of allylic oxidation sites excluding steroid dienone is 1. The number of halogens is 2. The third-order valence-corrected chi connectivity index (χ3v) is 2.86. The van der Waals surface area contributed by atoms with Crippen molar-refractivity contribution in [2.24, 2.45) is 0 Å². The molecule has 0 fully saturated rings. The van der Waals surface area contributed by atoms with Crippen LogP contribution in [0.2, 0.25) is 0 Å². The molecule has 1 rings (SSSR count). The molecule has 1 unspecified atom stereocenters. The fraction of sp³-hybridized carbons (Fsp3) is 0.467. The van der Waals surface area contributed by atoms with E-state index in [4.69, 9.17) is 0 Å². The van der Waals surface area contributed by atoms with E-state index < -0.39 is 6.61 Å². The minimum Gasteiger partial charge on any atom is -0.435 e. The van der Waals surface area contributed by atoms with E-state index >= 15 is 0 Å². The maximum absolute atomic E-state index is 12.1. The summed E-state index contributed by atoms with van der Waals surface area (Å²) in [6, 6.07) is 7.07. The zero-order valence-corrected chi connectivity index (χ0v) is 11.2. The zero-order chi connectivity index (χ0) is 14.1. The van der Waals surface area contributed by atoms with Crippen LogP contribution in [-0.2, 0) is 0 Å². The first-order valence-corrected chi connectivity index (χ1v) is 6.56. The topological polar surface area (TPSA) is 21.3 Å². The molecule has 1 atom stereocenters. The minimum absolute atomic E-state index is 0.195. The van der Waals surface area contributed by atoms with Gasteiger partial charge in [-0.05, 0) is 43.5 Å². The summed E-state index contributed by atoms with van der Waals surface area (Å²) in [5.74, 6) is 0.195. The average Bonchev–Trinajstić information content (AvgIpc) is 2.38. The third-order valence-electron chi connectivity index (χ3n) is 2.86. The second-order valence-electron chi connectivity index (χ2n) is 4.28. The van der Waals surface area contributed by atoms with Gasteiger partial charge in [-0.3, -0.25) is 0 Å². The monoisotopic (exact) mass is 269 g/mol. The average molecular weight is 269 g/mol. The molecule has 0 aliphatic heterocycles. The van der Waals surface area contributed by atoms with Crippen molar-refractivity contribution in [2.45, 2.75) is 38.8 Å². The number of hydrogen-bond acceptors (Lipinski definition) is 2. The SMILES string of the molecule is C=CCCCC(NCC)c1ccc(OC(F)F)cc1. The highest BCUT2D eigenvalue weighted by molar-refractivity contribution is 5.29. The summed E-state index contributed by atoms with van der Waals surface area (Å²) >= 11 is 0. The highest BCUT2D eigenvalue weighted by Crippen LogP contribution is 2.23. The van der Waals surface area contributed by atoms with Crippen molar-refractivity contribution >= 4 is 0 Å². The Labute approximate surface area is 113 Å². The number of hydrogen-bond donors (Lipinski definition) is 1. The van der Waals surface area contributed by atoms with Crippen LogP contribution in [0.5, 0.6) is 5.75 Å². The molecule has 1 aromatic rings. The van der Waals surface area contributed by atoms with Gasteiger partial charge in [0.05, 0.1) is 0 Å². The van der Waals surface area contributed by atoms with Gasteiger partial charge >= 0.3 is 6.61 Å². The molecule has 0 aliphatic rings. The van der Waals surface area contributed by atoms with E-state index in [-0.39, 0.29) is 11.8 Å². The smallest absolute Gasteiger partial charge is 0.387 e. The molecule has 1 N–H and O–H groups in total. The van der Waals surface area contributed by atoms with E-state index in [1.165, 1.54) is 0 Å². The van der Waals surface area contributed by atoms with Crippen LogP contribution in [0.25, 0.3) is 0 Å². The number of benzene rings is 1. The summed E-state index contributed by atoms with van der Waals surface area (Å²) in [6.07, 6.45) is 4.93. The summed E-state index contributed by atoms with van der Waals surface area (Å²) < 4.78 is 28.5. The Kier molecular flexibility index (Phi) is 7.11. The lowest BCUT2D eigenvalue weighted by Crippen LogP contribution is -2.20. The molecule has 0 bridgehead atoms. The van der Waals surface area contributed by atoms with Gasteiger partial charge in [-0.25, -0.2) is 0 Å². The summed E-state index contributed by atoms with van der Waals surface area (Å²) in [5, 5.41) is 3.39. The number of unbranched alkanes of at least 4 members (excludes halogenated alkanes) is 1. The van der Waals surface area contributed by atoms with Crippen molar-refractivity contribution in [2.75, 3.05) is 6.54 Å². The van der Waals surface area contributed by atoms with Crippen molar-refractivity contribution in [3.63, 3.8) is 0 Å². The second kappa shape index (κ2) is 8.64. The van der Waals surface area contributed by atoms with Gasteiger partial charge in [-0.2, -0.15) is 8.78 Å². The first-order chi connectivity index (χ1) is 9.17. The molecule has 106 valence electrons. The number of rotatable bonds is 9. The van der Waals surface area contributed by atoms with Crippen molar-refractivity contribution < 1.29 is 13.5 Å². The van der Waals surface area contributed by atoms with E-state index in [2.05, 4.69) is 23.6 Å². The van der Waals surface area contributed by atoms with Gasteiger partial charge in [0.15, 0.2) is 0 Å². The number of ether oxygens (including phenoxy) is 1. The van der Waals surface area contributed by atoms with E-state index in [9.17, 15) is 8.78 Å². The van der Waals surface area contributed by atoms with Crippen LogP contribution < -0.4 is 10.1 Å². The Morgan fingerprint density at radius 3 is 2.53 bits per heavy atom. The maximum Gasteiger partial charge on any atom is 0.387 e. The fourth-order valence-electron chi connectivity index (χ4n) is 1.98. The van der Waals surface area contributed by atoms with Crippen molar-refractivity contribution in [3.8, 4) is 5.75 Å². The molecule has 0 radical (unpaired) electrons. The van der Waals surface area contributed by atoms with Gasteiger partial charge in [-0.15, -0.1) is 6.58 Å². The molecule has 19 heavy (non-hydrogen) atoms. The lowest BCUT2D eigenvalue weighted by atomic mass is 10.0. The van der Waals surface area contributed by atoms with Crippen LogP contribution in [-0.4, -0.2) is 13.2 Å². The summed E-state index contributed by atoms with van der Waals surface area (Å²) in [7, 11) is 0. The molecule has 0 saturated heterocycles. The second-order valence-corrected chi connectivity index (χ2v) is 4.28. The Hall–Kier alpha value is -1.42. The van der Waals surface area contributed by atoms with E-state index in [0.29, 0.717) is 0 Å². The van der Waals surface area contributed by atoms with Crippen LogP contribution in [0, 0.1) is 0 Å². The summed E-state index contributed by atoms with van der Waals surface area (Å²) in [4.78, 5) is 0. The Morgan fingerprint density at radius 1 is 1.32 bits per heavy atom. The predicted octanol–water partition coefficient (Wildman–Crippen LogP) is 4.29. The minimum atomic E-state index is -2.77. The predicted molar refractivity (Wildman–Crippen MR) is 73.5 cm³/mol. The summed E-state index contributed by atoms with van der Waals surface area (Å²) in [6.45, 7) is 3.85. The Bertz CT molecular complexity index is 365. The molecular weight excluding hydrogens is 248 g/mol. The third kappa shape index (κ3) is 5.83. The molecule has 0 saturated carbocycles. The van der Waals surface area contributed by atoms with E-state index in [0.717, 1.165) is 31.4 Å². The molecule has 0 aromatic heterocycles. The zero-order valence-electron chi connectivity index (χ0n) is 11.2. The Morgan fingerprint density at radius 2 is 2.00 bits per heavy atom. The normalized spacial score (nSPS) is 12.4. The Balaban J connectivity index is 2.64. The highest BCUT2D eigenvalue weighted by Gasteiger charge is 2.10. The van der Waals surface area contributed by atoms with Crippen molar-refractivity contribution in [1.29, 1.82) is 0 Å². The van der Waals surface area contributed by atoms with E-state index in [1.807, 2.05) is 18.2 Å². The van der Waals surface area contributed by atoms with E-state index in [1.54, 1.807) is 12.1 Å². The molecule has 0 spiro atoms. The number of nitrogens with one attached hydrogen (secondary N) is 1. The molecule has 0 amide bonds. The lowest BCUT2D eigenvalue weighted by Gasteiger charge is -2.18. The molecule has 4 heteroatoms. The van der Waals surface area contributed by atoms with Crippen molar-refractivity contribution in [3.05, 3.63) is 42.5 Å².